The number of nitrogens with one attached hydrogen (secondary N) is 1. The largest absolute Gasteiger partial charge is 0.511 e. The lowest BCUT2D eigenvalue weighted by Crippen LogP contribution is -2.36. The van der Waals surface area contributed by atoms with Gasteiger partial charge in [-0.15, -0.1) is 0 Å². The van der Waals surface area contributed by atoms with Crippen LogP contribution in [0, 0.1) is 0 Å². The zero-order chi connectivity index (χ0) is 22.3. The smallest absolute Gasteiger partial charge is 0.207 e. The molecular formula is C23H23F3NO2S2+. The Morgan fingerprint density at radius 3 is 1.81 bits per heavy atom. The van der Waals surface area contributed by atoms with Gasteiger partial charge in [-0.05, 0) is 49.6 Å². The number of rotatable bonds is 9. The highest BCUT2D eigenvalue weighted by Gasteiger charge is 2.45. The van der Waals surface area contributed by atoms with E-state index in [0.717, 1.165) is 10.5 Å². The van der Waals surface area contributed by atoms with Gasteiger partial charge < -0.3 is 0 Å². The number of halogens is 3. The number of unbranched alkanes of at least 4 members (excludes halogenated alkanes) is 1. The van der Waals surface area contributed by atoms with Crippen molar-refractivity contribution in [1.82, 2.24) is 4.72 Å². The van der Waals surface area contributed by atoms with Crippen molar-refractivity contribution in [2.24, 2.45) is 0 Å². The molecule has 0 aromatic heterocycles. The summed E-state index contributed by atoms with van der Waals surface area (Å²) in [5.41, 5.74) is -4.17. The molecule has 3 rings (SSSR count). The van der Waals surface area contributed by atoms with Crippen LogP contribution in [0.1, 0.15) is 18.4 Å². The van der Waals surface area contributed by atoms with Crippen LogP contribution in [0.5, 0.6) is 0 Å². The summed E-state index contributed by atoms with van der Waals surface area (Å²) in [6.45, 7) is -0.243. The van der Waals surface area contributed by atoms with Crippen molar-refractivity contribution >= 4 is 20.9 Å². The van der Waals surface area contributed by atoms with Crippen LogP contribution in [-0.4, -0.2) is 20.5 Å². The third-order valence-corrected chi connectivity index (χ3v) is 8.14. The molecule has 0 heterocycles. The van der Waals surface area contributed by atoms with Crippen LogP contribution in [0.4, 0.5) is 13.2 Å². The molecule has 0 saturated heterocycles. The Hall–Kier alpha value is -2.29. The number of sulfonamides is 1. The van der Waals surface area contributed by atoms with Crippen molar-refractivity contribution in [2.75, 3.05) is 6.54 Å². The second-order valence-corrected chi connectivity index (χ2v) is 10.6. The Morgan fingerprint density at radius 1 is 0.742 bits per heavy atom. The maximum atomic E-state index is 12.4. The maximum absolute atomic E-state index is 12.4. The van der Waals surface area contributed by atoms with E-state index in [0.29, 0.717) is 19.3 Å². The Bertz CT molecular complexity index is 1030. The van der Waals surface area contributed by atoms with Gasteiger partial charge in [-0.3, -0.25) is 0 Å². The Morgan fingerprint density at radius 2 is 1.26 bits per heavy atom. The van der Waals surface area contributed by atoms with E-state index in [2.05, 4.69) is 30.3 Å². The molecule has 31 heavy (non-hydrogen) atoms. The van der Waals surface area contributed by atoms with E-state index in [1.165, 1.54) is 9.79 Å². The first kappa shape index (κ1) is 23.4. The molecule has 0 atom stereocenters. The summed E-state index contributed by atoms with van der Waals surface area (Å²) < 4.78 is 61.1. The molecule has 0 amide bonds. The number of hydrogen-bond donors (Lipinski definition) is 1. The Labute approximate surface area is 183 Å². The molecule has 0 bridgehead atoms. The fourth-order valence-electron chi connectivity index (χ4n) is 3.14. The van der Waals surface area contributed by atoms with Crippen molar-refractivity contribution in [3.8, 4) is 0 Å². The standard InChI is InChI=1S/C23H23F3NO2S2/c24-23(25,26)31(28,29)27-18-10-9-12-19-11-7-8-17-22(19)30(20-13-3-1-4-14-20)21-15-5-2-6-16-21/h1-8,11,13-17,27H,9-10,12,18H2/q+1. The number of benzene rings is 3. The van der Waals surface area contributed by atoms with E-state index >= 15 is 0 Å². The lowest BCUT2D eigenvalue weighted by atomic mass is 10.1. The monoisotopic (exact) mass is 466 g/mol. The van der Waals surface area contributed by atoms with E-state index in [9.17, 15) is 21.6 Å². The number of hydrogen-bond acceptors (Lipinski definition) is 2. The van der Waals surface area contributed by atoms with Crippen molar-refractivity contribution in [2.45, 2.75) is 39.5 Å². The first-order chi connectivity index (χ1) is 14.8. The molecule has 1 N–H and O–H groups in total. The highest BCUT2D eigenvalue weighted by molar-refractivity contribution is 7.97. The fourth-order valence-corrected chi connectivity index (χ4v) is 6.00. The maximum Gasteiger partial charge on any atom is 0.511 e. The second kappa shape index (κ2) is 10.3. The van der Waals surface area contributed by atoms with Gasteiger partial charge in [0.15, 0.2) is 14.7 Å². The van der Waals surface area contributed by atoms with Gasteiger partial charge in [0.1, 0.15) is 0 Å². The molecule has 0 radical (unpaired) electrons. The summed E-state index contributed by atoms with van der Waals surface area (Å²) in [6.07, 6.45) is 1.53. The predicted octanol–water partition coefficient (Wildman–Crippen LogP) is 5.54. The van der Waals surface area contributed by atoms with Crippen LogP contribution in [-0.2, 0) is 27.3 Å². The van der Waals surface area contributed by atoms with E-state index in [1.807, 2.05) is 54.6 Å². The zero-order valence-corrected chi connectivity index (χ0v) is 18.3. The van der Waals surface area contributed by atoms with Gasteiger partial charge in [-0.2, -0.15) is 13.2 Å². The average Bonchev–Trinajstić information content (AvgIpc) is 2.75. The van der Waals surface area contributed by atoms with Gasteiger partial charge in [-0.25, -0.2) is 13.1 Å². The molecule has 0 spiro atoms. The molecule has 0 aliphatic heterocycles. The Kier molecular flexibility index (Phi) is 7.80. The van der Waals surface area contributed by atoms with E-state index < -0.39 is 15.5 Å². The molecule has 3 aromatic rings. The molecule has 0 unspecified atom stereocenters. The van der Waals surface area contributed by atoms with Gasteiger partial charge in [0.25, 0.3) is 0 Å². The van der Waals surface area contributed by atoms with Crippen LogP contribution in [0.2, 0.25) is 0 Å². The lowest BCUT2D eigenvalue weighted by Gasteiger charge is -2.12. The van der Waals surface area contributed by atoms with Crippen LogP contribution in [0.15, 0.2) is 99.6 Å². The van der Waals surface area contributed by atoms with Crippen LogP contribution in [0.25, 0.3) is 0 Å². The summed E-state index contributed by atoms with van der Waals surface area (Å²) in [7, 11) is -5.60. The third-order valence-electron chi connectivity index (χ3n) is 4.62. The topological polar surface area (TPSA) is 46.2 Å². The van der Waals surface area contributed by atoms with E-state index in [-0.39, 0.29) is 17.4 Å². The third kappa shape index (κ3) is 6.12. The van der Waals surface area contributed by atoms with E-state index in [1.54, 1.807) is 4.72 Å². The lowest BCUT2D eigenvalue weighted by molar-refractivity contribution is -0.0447. The van der Waals surface area contributed by atoms with Gasteiger partial charge in [0.05, 0.1) is 10.9 Å². The highest BCUT2D eigenvalue weighted by Crippen LogP contribution is 2.33. The number of aryl methyl sites for hydroxylation is 1. The Balaban J connectivity index is 1.76. The van der Waals surface area contributed by atoms with Gasteiger partial charge in [-0.1, -0.05) is 54.6 Å². The van der Waals surface area contributed by atoms with Gasteiger partial charge >= 0.3 is 15.5 Å². The summed E-state index contributed by atoms with van der Waals surface area (Å²) in [4.78, 5) is 3.52. The molecular weight excluding hydrogens is 443 g/mol. The summed E-state index contributed by atoms with van der Waals surface area (Å²) >= 11 is 0. The molecule has 0 aliphatic rings. The van der Waals surface area contributed by atoms with E-state index in [4.69, 9.17) is 0 Å². The normalized spacial score (nSPS) is 12.3. The first-order valence-corrected chi connectivity index (χ1v) is 12.5. The van der Waals surface area contributed by atoms with Crippen molar-refractivity contribution in [3.63, 3.8) is 0 Å². The minimum atomic E-state index is -5.29. The van der Waals surface area contributed by atoms with Crippen LogP contribution in [0.3, 0.4) is 0 Å². The SMILES string of the molecule is O=S(=O)(NCCCCc1ccccc1[S+](c1ccccc1)c1ccccc1)C(F)(F)F. The van der Waals surface area contributed by atoms with Crippen molar-refractivity contribution in [3.05, 3.63) is 90.5 Å². The summed E-state index contributed by atoms with van der Waals surface area (Å²) in [5.74, 6) is 0. The summed E-state index contributed by atoms with van der Waals surface area (Å²) in [6, 6.07) is 28.4. The predicted molar refractivity (Wildman–Crippen MR) is 117 cm³/mol. The zero-order valence-electron chi connectivity index (χ0n) is 16.7. The van der Waals surface area contributed by atoms with Crippen LogP contribution < -0.4 is 4.72 Å². The molecule has 0 fully saturated rings. The minimum absolute atomic E-state index is 0.243. The fraction of sp³-hybridized carbons (Fsp3) is 0.217. The second-order valence-electron chi connectivity index (χ2n) is 6.84. The van der Waals surface area contributed by atoms with Crippen molar-refractivity contribution in [1.29, 1.82) is 0 Å². The van der Waals surface area contributed by atoms with Gasteiger partial charge in [0.2, 0.25) is 0 Å². The molecule has 3 nitrogen and oxygen atoms in total. The van der Waals surface area contributed by atoms with Crippen molar-refractivity contribution < 1.29 is 21.6 Å². The van der Waals surface area contributed by atoms with Crippen LogP contribution >= 0.6 is 0 Å². The highest BCUT2D eigenvalue weighted by atomic mass is 32.2. The molecule has 8 heteroatoms. The number of alkyl halides is 3. The summed E-state index contributed by atoms with van der Waals surface area (Å²) in [5, 5.41) is 0. The molecule has 3 aromatic carbocycles. The first-order valence-electron chi connectivity index (χ1n) is 9.78. The molecule has 0 saturated carbocycles. The molecule has 164 valence electrons. The minimum Gasteiger partial charge on any atom is -0.207 e. The quantitative estimate of drug-likeness (QED) is 0.332. The average molecular weight is 467 g/mol. The van der Waals surface area contributed by atoms with Gasteiger partial charge in [0, 0.05) is 12.1 Å². The molecule has 0 aliphatic carbocycles.